The Hall–Kier alpha value is -2.48. The Kier molecular flexibility index (Phi) is 3.69. The van der Waals surface area contributed by atoms with Crippen molar-refractivity contribution in [2.24, 2.45) is 0 Å². The highest BCUT2D eigenvalue weighted by Gasteiger charge is 2.31. The van der Waals surface area contributed by atoms with Crippen molar-refractivity contribution in [3.8, 4) is 0 Å². The van der Waals surface area contributed by atoms with Crippen molar-refractivity contribution in [1.82, 2.24) is 0 Å². The Labute approximate surface area is 173 Å². The molecule has 0 N–H and O–H groups in total. The van der Waals surface area contributed by atoms with Crippen molar-refractivity contribution < 1.29 is 0 Å². The molecule has 0 spiro atoms. The second-order valence-corrected chi connectivity index (χ2v) is 9.02. The summed E-state index contributed by atoms with van der Waals surface area (Å²) in [4.78, 5) is 2.87. The Bertz CT molecular complexity index is 1330. The molecule has 0 saturated carbocycles. The van der Waals surface area contributed by atoms with Gasteiger partial charge in [0.15, 0.2) is 0 Å². The Balaban J connectivity index is 1.46. The van der Waals surface area contributed by atoms with E-state index in [0.29, 0.717) is 5.92 Å². The van der Waals surface area contributed by atoms with Crippen molar-refractivity contribution in [2.45, 2.75) is 17.2 Å². The van der Waals surface area contributed by atoms with Crippen LogP contribution in [0.4, 0.5) is 0 Å². The molecule has 2 aliphatic rings. The molecule has 134 valence electrons. The number of allylic oxidation sites excluding steroid dienone is 4. The molecule has 0 bridgehead atoms. The fourth-order valence-electron chi connectivity index (χ4n) is 4.52. The van der Waals surface area contributed by atoms with E-state index in [-0.39, 0.29) is 0 Å². The van der Waals surface area contributed by atoms with Crippen molar-refractivity contribution in [3.05, 3.63) is 106 Å². The SMILES string of the molecule is Clc1ccc(C2=CC=C3Sc4cc5ccccc5cc4C3C2)c2ccccc12. The lowest BCUT2D eigenvalue weighted by molar-refractivity contribution is 0.853. The smallest absolute Gasteiger partial charge is 0.0484 e. The molecule has 0 radical (unpaired) electrons. The molecule has 0 aromatic heterocycles. The summed E-state index contributed by atoms with van der Waals surface area (Å²) in [6.07, 6.45) is 5.66. The zero-order valence-corrected chi connectivity index (χ0v) is 16.7. The number of benzene rings is 4. The van der Waals surface area contributed by atoms with E-state index in [9.17, 15) is 0 Å². The minimum absolute atomic E-state index is 0.457. The maximum Gasteiger partial charge on any atom is 0.0484 e. The quantitative estimate of drug-likeness (QED) is 0.312. The van der Waals surface area contributed by atoms with E-state index in [2.05, 4.69) is 78.9 Å². The van der Waals surface area contributed by atoms with E-state index in [4.69, 9.17) is 11.6 Å². The molecule has 4 aromatic carbocycles. The zero-order chi connectivity index (χ0) is 18.7. The lowest BCUT2D eigenvalue weighted by Crippen LogP contribution is -2.02. The van der Waals surface area contributed by atoms with Crippen LogP contribution >= 0.6 is 23.4 Å². The van der Waals surface area contributed by atoms with E-state index >= 15 is 0 Å². The average molecular weight is 397 g/mol. The fraction of sp³-hybridized carbons (Fsp3) is 0.0769. The number of fused-ring (bicyclic) bond motifs is 5. The van der Waals surface area contributed by atoms with Gasteiger partial charge in [-0.1, -0.05) is 90.1 Å². The Morgan fingerprint density at radius 1 is 0.786 bits per heavy atom. The first-order valence-electron chi connectivity index (χ1n) is 9.57. The van der Waals surface area contributed by atoms with Crippen LogP contribution in [0.3, 0.4) is 0 Å². The number of halogens is 1. The second kappa shape index (κ2) is 6.27. The number of hydrogen-bond acceptors (Lipinski definition) is 1. The molecule has 1 atom stereocenters. The molecule has 28 heavy (non-hydrogen) atoms. The molecule has 4 aromatic rings. The first-order valence-corrected chi connectivity index (χ1v) is 10.8. The molecule has 1 aliphatic heterocycles. The number of thioether (sulfide) groups is 1. The molecule has 1 heterocycles. The monoisotopic (exact) mass is 396 g/mol. The van der Waals surface area contributed by atoms with Gasteiger partial charge in [0.1, 0.15) is 0 Å². The minimum atomic E-state index is 0.457. The summed E-state index contributed by atoms with van der Waals surface area (Å²) in [7, 11) is 0. The van der Waals surface area contributed by atoms with Gasteiger partial charge in [-0.05, 0) is 62.4 Å². The van der Waals surface area contributed by atoms with Crippen LogP contribution in [-0.4, -0.2) is 0 Å². The summed E-state index contributed by atoms with van der Waals surface area (Å²) in [6, 6.07) is 26.1. The van der Waals surface area contributed by atoms with Gasteiger partial charge in [0.05, 0.1) is 0 Å². The van der Waals surface area contributed by atoms with Gasteiger partial charge in [-0.2, -0.15) is 0 Å². The van der Waals surface area contributed by atoms with Gasteiger partial charge >= 0.3 is 0 Å². The third kappa shape index (κ3) is 2.47. The first kappa shape index (κ1) is 16.5. The summed E-state index contributed by atoms with van der Waals surface area (Å²) in [5, 5.41) is 5.84. The molecule has 0 nitrogen and oxygen atoms in total. The topological polar surface area (TPSA) is 0 Å². The lowest BCUT2D eigenvalue weighted by atomic mass is 9.83. The molecular formula is C26H17ClS. The highest BCUT2D eigenvalue weighted by atomic mass is 35.5. The third-order valence-electron chi connectivity index (χ3n) is 5.91. The van der Waals surface area contributed by atoms with Crippen LogP contribution in [0.2, 0.25) is 5.02 Å². The number of rotatable bonds is 1. The summed E-state index contributed by atoms with van der Waals surface area (Å²) >= 11 is 8.38. The van der Waals surface area contributed by atoms with Crippen LogP contribution in [-0.2, 0) is 0 Å². The summed E-state index contributed by atoms with van der Waals surface area (Å²) in [5.74, 6) is 0.457. The fourth-order valence-corrected chi connectivity index (χ4v) is 6.00. The van der Waals surface area contributed by atoms with E-state index < -0.39 is 0 Å². The first-order chi connectivity index (χ1) is 13.8. The molecule has 1 unspecified atom stereocenters. The van der Waals surface area contributed by atoms with Crippen molar-refractivity contribution >= 4 is 50.5 Å². The van der Waals surface area contributed by atoms with Gasteiger partial charge in [0, 0.05) is 21.2 Å². The van der Waals surface area contributed by atoms with Crippen molar-refractivity contribution in [1.29, 1.82) is 0 Å². The van der Waals surface area contributed by atoms with Crippen LogP contribution in [0.25, 0.3) is 27.1 Å². The van der Waals surface area contributed by atoms with Gasteiger partial charge in [0.25, 0.3) is 0 Å². The minimum Gasteiger partial charge on any atom is -0.0936 e. The molecular weight excluding hydrogens is 380 g/mol. The van der Waals surface area contributed by atoms with Crippen molar-refractivity contribution in [3.63, 3.8) is 0 Å². The summed E-state index contributed by atoms with van der Waals surface area (Å²) < 4.78 is 0. The molecule has 2 heteroatoms. The van der Waals surface area contributed by atoms with Gasteiger partial charge in [-0.3, -0.25) is 0 Å². The van der Waals surface area contributed by atoms with Gasteiger partial charge < -0.3 is 0 Å². The third-order valence-corrected chi connectivity index (χ3v) is 7.47. The molecule has 0 saturated heterocycles. The Morgan fingerprint density at radius 3 is 2.39 bits per heavy atom. The molecule has 6 rings (SSSR count). The van der Waals surface area contributed by atoms with E-state index in [0.717, 1.165) is 16.8 Å². The molecule has 0 amide bonds. The summed E-state index contributed by atoms with van der Waals surface area (Å²) in [5.41, 5.74) is 4.16. The van der Waals surface area contributed by atoms with Crippen LogP contribution in [0.1, 0.15) is 23.5 Å². The van der Waals surface area contributed by atoms with Crippen LogP contribution < -0.4 is 0 Å². The highest BCUT2D eigenvalue weighted by molar-refractivity contribution is 8.03. The van der Waals surface area contributed by atoms with Gasteiger partial charge in [0.2, 0.25) is 0 Å². The normalized spacial score (nSPS) is 18.0. The largest absolute Gasteiger partial charge is 0.0936 e. The maximum atomic E-state index is 6.44. The van der Waals surface area contributed by atoms with E-state index in [1.54, 1.807) is 0 Å². The highest BCUT2D eigenvalue weighted by Crippen LogP contribution is 2.54. The predicted octanol–water partition coefficient (Wildman–Crippen LogP) is 8.21. The van der Waals surface area contributed by atoms with Crippen molar-refractivity contribution in [2.75, 3.05) is 0 Å². The van der Waals surface area contributed by atoms with Gasteiger partial charge in [-0.15, -0.1) is 0 Å². The standard InChI is InChI=1S/C26H17ClS/c27-24-11-10-19(20-7-3-4-8-21(20)24)18-9-12-25-22(14-18)23-13-16-5-1-2-6-17(16)15-26(23)28-25/h1-13,15,22H,14H2. The summed E-state index contributed by atoms with van der Waals surface area (Å²) in [6.45, 7) is 0. The molecule has 1 aliphatic carbocycles. The van der Waals surface area contributed by atoms with Crippen LogP contribution in [0, 0.1) is 0 Å². The van der Waals surface area contributed by atoms with E-state index in [1.165, 1.54) is 42.7 Å². The lowest BCUT2D eigenvalue weighted by Gasteiger charge is -2.21. The van der Waals surface area contributed by atoms with Crippen LogP contribution in [0.15, 0.2) is 94.7 Å². The predicted molar refractivity (Wildman–Crippen MR) is 122 cm³/mol. The Morgan fingerprint density at radius 2 is 1.54 bits per heavy atom. The van der Waals surface area contributed by atoms with Gasteiger partial charge in [-0.25, -0.2) is 0 Å². The zero-order valence-electron chi connectivity index (χ0n) is 15.2. The second-order valence-electron chi connectivity index (χ2n) is 7.50. The molecule has 0 fully saturated rings. The van der Waals surface area contributed by atoms with Crippen LogP contribution in [0.5, 0.6) is 0 Å². The van der Waals surface area contributed by atoms with E-state index in [1.807, 2.05) is 17.8 Å². The average Bonchev–Trinajstić information content (AvgIpc) is 3.09. The maximum absolute atomic E-state index is 6.44. The number of hydrogen-bond donors (Lipinski definition) is 0.